The Labute approximate surface area is 152 Å². The molecule has 0 saturated heterocycles. The van der Waals surface area contributed by atoms with Crippen LogP contribution in [0.1, 0.15) is 70.4 Å². The number of allylic oxidation sites excluding steroid dienone is 2. The molecule has 0 radical (unpaired) electrons. The monoisotopic (exact) mass is 352 g/mol. The fourth-order valence-electron chi connectivity index (χ4n) is 3.52. The van der Waals surface area contributed by atoms with E-state index < -0.39 is 0 Å². The van der Waals surface area contributed by atoms with E-state index in [1.54, 1.807) is 0 Å². The van der Waals surface area contributed by atoms with Crippen molar-refractivity contribution in [2.45, 2.75) is 75.5 Å². The Morgan fingerprint density at radius 3 is 2.26 bits per heavy atom. The van der Waals surface area contributed by atoms with E-state index in [0.717, 1.165) is 19.3 Å². The Balaban J connectivity index is 2.17. The summed E-state index contributed by atoms with van der Waals surface area (Å²) in [6.45, 7) is 8.95. The van der Waals surface area contributed by atoms with Crippen LogP contribution in [-0.2, 0) is 5.41 Å². The molecule has 0 aliphatic heterocycles. The molecule has 1 aromatic rings. The first-order chi connectivity index (χ1) is 10.8. The van der Waals surface area contributed by atoms with E-state index in [1.807, 2.05) is 0 Å². The molecule has 0 aromatic heterocycles. The van der Waals surface area contributed by atoms with Gasteiger partial charge in [0.05, 0.1) is 0 Å². The Morgan fingerprint density at radius 1 is 1.04 bits per heavy atom. The zero-order valence-corrected chi connectivity index (χ0v) is 16.4. The average molecular weight is 353 g/mol. The Bertz CT molecular complexity index is 510. The lowest BCUT2D eigenvalue weighted by atomic mass is 9.82. The predicted molar refractivity (Wildman–Crippen MR) is 104 cm³/mol. The van der Waals surface area contributed by atoms with Crippen LogP contribution >= 0.6 is 23.2 Å². The molecule has 2 heteroatoms. The summed E-state index contributed by atoms with van der Waals surface area (Å²) in [4.78, 5) is 0. The van der Waals surface area contributed by atoms with E-state index in [2.05, 4.69) is 64.1 Å². The van der Waals surface area contributed by atoms with Gasteiger partial charge in [-0.2, -0.15) is 0 Å². The number of hydrogen-bond acceptors (Lipinski definition) is 0. The molecule has 23 heavy (non-hydrogen) atoms. The summed E-state index contributed by atoms with van der Waals surface area (Å²) in [7, 11) is 0. The van der Waals surface area contributed by atoms with E-state index in [9.17, 15) is 0 Å². The van der Waals surface area contributed by atoms with Gasteiger partial charge in [-0.1, -0.05) is 70.5 Å². The molecule has 1 fully saturated rings. The van der Waals surface area contributed by atoms with Crippen LogP contribution in [0, 0.1) is 5.92 Å². The molecular weight excluding hydrogens is 323 g/mol. The minimum Gasteiger partial charge on any atom is -0.123 e. The molecule has 4 unspecified atom stereocenters. The number of hydrogen-bond donors (Lipinski definition) is 0. The second-order valence-electron chi connectivity index (χ2n) is 7.83. The van der Waals surface area contributed by atoms with Crippen LogP contribution in [0.5, 0.6) is 0 Å². The van der Waals surface area contributed by atoms with Crippen molar-refractivity contribution in [1.29, 1.82) is 0 Å². The van der Waals surface area contributed by atoms with E-state index in [1.165, 1.54) is 17.5 Å². The number of benzene rings is 1. The van der Waals surface area contributed by atoms with Crippen LogP contribution in [0.15, 0.2) is 36.4 Å². The van der Waals surface area contributed by atoms with Crippen LogP contribution in [0.4, 0.5) is 0 Å². The Kier molecular flexibility index (Phi) is 6.63. The molecule has 0 spiro atoms. The maximum Gasteiger partial charge on any atom is 0.0422 e. The Morgan fingerprint density at radius 2 is 1.70 bits per heavy atom. The van der Waals surface area contributed by atoms with Crippen molar-refractivity contribution < 1.29 is 0 Å². The van der Waals surface area contributed by atoms with Crippen LogP contribution < -0.4 is 0 Å². The van der Waals surface area contributed by atoms with Crippen molar-refractivity contribution in [3.8, 4) is 0 Å². The molecule has 1 saturated carbocycles. The highest BCUT2D eigenvalue weighted by Crippen LogP contribution is 2.47. The van der Waals surface area contributed by atoms with Crippen LogP contribution in [0.25, 0.3) is 0 Å². The average Bonchev–Trinajstić information content (AvgIpc) is 2.77. The zero-order valence-electron chi connectivity index (χ0n) is 14.9. The summed E-state index contributed by atoms with van der Waals surface area (Å²) in [6.07, 6.45) is 8.86. The highest BCUT2D eigenvalue weighted by molar-refractivity contribution is 6.25. The van der Waals surface area contributed by atoms with Crippen molar-refractivity contribution >= 4 is 23.2 Å². The zero-order chi connectivity index (χ0) is 17.0. The maximum atomic E-state index is 6.66. The van der Waals surface area contributed by atoms with Gasteiger partial charge < -0.3 is 0 Å². The highest BCUT2D eigenvalue weighted by Gasteiger charge is 2.41. The minimum atomic E-state index is 0.141. The minimum absolute atomic E-state index is 0.141. The van der Waals surface area contributed by atoms with Crippen molar-refractivity contribution in [3.63, 3.8) is 0 Å². The van der Waals surface area contributed by atoms with Gasteiger partial charge in [0.15, 0.2) is 0 Å². The van der Waals surface area contributed by atoms with E-state index in [-0.39, 0.29) is 16.2 Å². The second kappa shape index (κ2) is 8.08. The number of rotatable bonds is 5. The normalized spacial score (nSPS) is 28.6. The van der Waals surface area contributed by atoms with Gasteiger partial charge in [0.1, 0.15) is 0 Å². The van der Waals surface area contributed by atoms with E-state index in [0.29, 0.717) is 11.8 Å². The van der Waals surface area contributed by atoms with Crippen LogP contribution in [-0.4, -0.2) is 10.8 Å². The van der Waals surface area contributed by atoms with Gasteiger partial charge >= 0.3 is 0 Å². The fourth-order valence-corrected chi connectivity index (χ4v) is 4.59. The third-order valence-corrected chi connectivity index (χ3v) is 5.91. The molecule has 1 aliphatic rings. The first kappa shape index (κ1) is 18.9. The van der Waals surface area contributed by atoms with Crippen molar-refractivity contribution in [1.82, 2.24) is 0 Å². The van der Waals surface area contributed by atoms with Crippen LogP contribution in [0.2, 0.25) is 0 Å². The van der Waals surface area contributed by atoms with Gasteiger partial charge in [0, 0.05) is 16.7 Å². The van der Waals surface area contributed by atoms with Crippen molar-refractivity contribution in [2.24, 2.45) is 5.92 Å². The molecular formula is C21H30Cl2. The van der Waals surface area contributed by atoms with Gasteiger partial charge in [0.25, 0.3) is 0 Å². The van der Waals surface area contributed by atoms with Gasteiger partial charge in [-0.3, -0.25) is 0 Å². The molecule has 0 N–H and O–H groups in total. The largest absolute Gasteiger partial charge is 0.123 e. The third-order valence-electron chi connectivity index (χ3n) is 4.96. The molecule has 0 heterocycles. The molecule has 0 amide bonds. The lowest BCUT2D eigenvalue weighted by Gasteiger charge is -2.24. The second-order valence-corrected chi connectivity index (χ2v) is 8.95. The quantitative estimate of drug-likeness (QED) is 0.393. The smallest absolute Gasteiger partial charge is 0.0422 e. The van der Waals surface area contributed by atoms with Gasteiger partial charge in [-0.15, -0.1) is 23.2 Å². The topological polar surface area (TPSA) is 0 Å². The highest BCUT2D eigenvalue weighted by atomic mass is 35.5. The summed E-state index contributed by atoms with van der Waals surface area (Å²) in [6, 6.07) is 9.03. The maximum absolute atomic E-state index is 6.66. The summed E-state index contributed by atoms with van der Waals surface area (Å²) >= 11 is 13.3. The van der Waals surface area contributed by atoms with E-state index >= 15 is 0 Å². The predicted octanol–water partition coefficient (Wildman–Crippen LogP) is 7.05. The van der Waals surface area contributed by atoms with E-state index in [4.69, 9.17) is 23.2 Å². The molecule has 0 nitrogen and oxygen atoms in total. The van der Waals surface area contributed by atoms with Crippen molar-refractivity contribution in [3.05, 3.63) is 47.5 Å². The SMILES string of the molecule is CCC/C=C\CC1C(Cl)CC(Cl)C1c1ccc(C(C)(C)C)cc1. The lowest BCUT2D eigenvalue weighted by Crippen LogP contribution is -2.17. The Hall–Kier alpha value is -0.460. The summed E-state index contributed by atoms with van der Waals surface area (Å²) in [5.74, 6) is 0.798. The van der Waals surface area contributed by atoms with Crippen molar-refractivity contribution in [2.75, 3.05) is 0 Å². The summed E-state index contributed by atoms with van der Waals surface area (Å²) in [5, 5.41) is 0.318. The lowest BCUT2D eigenvalue weighted by molar-refractivity contribution is 0.496. The summed E-state index contributed by atoms with van der Waals surface area (Å²) in [5.41, 5.74) is 2.90. The molecule has 128 valence electrons. The first-order valence-corrected chi connectivity index (χ1v) is 9.75. The summed E-state index contributed by atoms with van der Waals surface area (Å²) < 4.78 is 0. The third kappa shape index (κ3) is 4.77. The molecule has 1 aliphatic carbocycles. The van der Waals surface area contributed by atoms with Gasteiger partial charge in [-0.05, 0) is 41.7 Å². The fraction of sp³-hybridized carbons (Fsp3) is 0.619. The number of unbranched alkanes of at least 4 members (excludes halogenated alkanes) is 1. The van der Waals surface area contributed by atoms with Gasteiger partial charge in [0.2, 0.25) is 0 Å². The first-order valence-electron chi connectivity index (χ1n) is 8.88. The van der Waals surface area contributed by atoms with Crippen LogP contribution in [0.3, 0.4) is 0 Å². The molecule has 1 aromatic carbocycles. The molecule has 0 bridgehead atoms. The standard InChI is InChI=1S/C21H30Cl2/c1-5-6-7-8-9-17-18(22)14-19(23)20(17)15-10-12-16(13-11-15)21(2,3)4/h7-8,10-13,17-20H,5-6,9,14H2,1-4H3/b8-7-. The number of alkyl halides is 2. The molecule has 4 atom stereocenters. The number of halogens is 2. The van der Waals surface area contributed by atoms with Gasteiger partial charge in [-0.25, -0.2) is 0 Å². The molecule has 2 rings (SSSR count).